The number of amides is 2. The minimum Gasteiger partial charge on any atom is -0.480 e. The third-order valence-corrected chi connectivity index (χ3v) is 3.32. The topological polar surface area (TPSA) is 77.9 Å². The molecule has 6 nitrogen and oxygen atoms in total. The number of carboxylic acids is 1. The number of hydrogen-bond donors (Lipinski definition) is 1. The highest BCUT2D eigenvalue weighted by atomic mass is 16.4. The summed E-state index contributed by atoms with van der Waals surface area (Å²) in [5.41, 5.74) is 0.989. The second-order valence-electron chi connectivity index (χ2n) is 4.98. The van der Waals surface area contributed by atoms with Gasteiger partial charge in [-0.15, -0.1) is 0 Å². The molecule has 0 saturated heterocycles. The molecule has 0 aliphatic carbocycles. The van der Waals surface area contributed by atoms with Gasteiger partial charge >= 0.3 is 5.97 Å². The molecule has 1 aromatic carbocycles. The molecule has 2 amide bonds. The molecule has 0 unspecified atom stereocenters. The summed E-state index contributed by atoms with van der Waals surface area (Å²) in [6.07, 6.45) is 0.119. The fraction of sp³-hybridized carbons (Fsp3) is 0.438. The quantitative estimate of drug-likeness (QED) is 0.786. The zero-order chi connectivity index (χ0) is 16.5. The van der Waals surface area contributed by atoms with Crippen molar-refractivity contribution in [1.82, 2.24) is 9.80 Å². The minimum atomic E-state index is -1.04. The van der Waals surface area contributed by atoms with Crippen molar-refractivity contribution in [3.8, 4) is 0 Å². The maximum Gasteiger partial charge on any atom is 0.323 e. The van der Waals surface area contributed by atoms with Crippen LogP contribution >= 0.6 is 0 Å². The third-order valence-electron chi connectivity index (χ3n) is 3.32. The van der Waals surface area contributed by atoms with Crippen molar-refractivity contribution in [2.45, 2.75) is 26.8 Å². The Morgan fingerprint density at radius 1 is 1.09 bits per heavy atom. The van der Waals surface area contributed by atoms with Crippen LogP contribution in [0.25, 0.3) is 0 Å². The van der Waals surface area contributed by atoms with Crippen LogP contribution in [-0.4, -0.2) is 52.3 Å². The summed E-state index contributed by atoms with van der Waals surface area (Å²) in [7, 11) is 0. The molecule has 0 saturated carbocycles. The second-order valence-corrected chi connectivity index (χ2v) is 4.98. The van der Waals surface area contributed by atoms with Gasteiger partial charge in [0.1, 0.15) is 6.54 Å². The van der Waals surface area contributed by atoms with Crippen LogP contribution in [0.3, 0.4) is 0 Å². The lowest BCUT2D eigenvalue weighted by molar-refractivity contribution is -0.144. The van der Waals surface area contributed by atoms with Gasteiger partial charge in [-0.25, -0.2) is 0 Å². The SMILES string of the molecule is CCN(CC(=O)O)C(=O)CCN(Cc1ccccc1)C(C)=O. The van der Waals surface area contributed by atoms with Crippen molar-refractivity contribution >= 4 is 17.8 Å². The fourth-order valence-electron chi connectivity index (χ4n) is 2.08. The predicted molar refractivity (Wildman–Crippen MR) is 82.0 cm³/mol. The second kappa shape index (κ2) is 8.81. The van der Waals surface area contributed by atoms with Crippen molar-refractivity contribution in [3.05, 3.63) is 35.9 Å². The molecule has 0 aliphatic rings. The van der Waals surface area contributed by atoms with E-state index in [1.54, 1.807) is 11.8 Å². The first-order valence-corrected chi connectivity index (χ1v) is 7.23. The fourth-order valence-corrected chi connectivity index (χ4v) is 2.08. The minimum absolute atomic E-state index is 0.113. The summed E-state index contributed by atoms with van der Waals surface area (Å²) in [6.45, 7) is 3.93. The summed E-state index contributed by atoms with van der Waals surface area (Å²) in [5, 5.41) is 8.77. The van der Waals surface area contributed by atoms with Crippen LogP contribution < -0.4 is 0 Å². The van der Waals surface area contributed by atoms with E-state index in [2.05, 4.69) is 0 Å². The molecule has 0 aliphatic heterocycles. The number of aliphatic carboxylic acids is 1. The molecule has 6 heteroatoms. The molecule has 0 bridgehead atoms. The summed E-state index contributed by atoms with van der Waals surface area (Å²) < 4.78 is 0. The Balaban J connectivity index is 2.59. The van der Waals surface area contributed by atoms with Gasteiger partial charge in [0, 0.05) is 33.0 Å². The van der Waals surface area contributed by atoms with Gasteiger partial charge in [0.15, 0.2) is 0 Å². The number of rotatable bonds is 8. The Bertz CT molecular complexity index is 516. The molecule has 0 fully saturated rings. The molecule has 22 heavy (non-hydrogen) atoms. The number of nitrogens with zero attached hydrogens (tertiary/aromatic N) is 2. The average Bonchev–Trinajstić information content (AvgIpc) is 2.49. The van der Waals surface area contributed by atoms with Crippen molar-refractivity contribution in [2.75, 3.05) is 19.6 Å². The molecule has 120 valence electrons. The monoisotopic (exact) mass is 306 g/mol. The Labute approximate surface area is 130 Å². The molecule has 0 aromatic heterocycles. The lowest BCUT2D eigenvalue weighted by Gasteiger charge is -2.23. The summed E-state index contributed by atoms with van der Waals surface area (Å²) >= 11 is 0. The smallest absolute Gasteiger partial charge is 0.323 e. The largest absolute Gasteiger partial charge is 0.480 e. The maximum atomic E-state index is 12.0. The first kappa shape index (κ1) is 17.7. The van der Waals surface area contributed by atoms with Gasteiger partial charge in [-0.1, -0.05) is 30.3 Å². The van der Waals surface area contributed by atoms with Crippen LogP contribution in [-0.2, 0) is 20.9 Å². The summed E-state index contributed by atoms with van der Waals surface area (Å²) in [6, 6.07) is 9.52. The van der Waals surface area contributed by atoms with E-state index in [-0.39, 0.29) is 31.3 Å². The van der Waals surface area contributed by atoms with E-state index in [9.17, 15) is 14.4 Å². The average molecular weight is 306 g/mol. The molecule has 0 spiro atoms. The van der Waals surface area contributed by atoms with Crippen molar-refractivity contribution in [3.63, 3.8) is 0 Å². The zero-order valence-electron chi connectivity index (χ0n) is 13.0. The van der Waals surface area contributed by atoms with E-state index in [0.717, 1.165) is 5.56 Å². The number of carbonyl (C=O) groups is 3. The van der Waals surface area contributed by atoms with Crippen molar-refractivity contribution < 1.29 is 19.5 Å². The number of carboxylic acid groups (broad SMARTS) is 1. The highest BCUT2D eigenvalue weighted by molar-refractivity contribution is 5.82. The molecule has 1 rings (SSSR count). The normalized spacial score (nSPS) is 10.1. The van der Waals surface area contributed by atoms with Gasteiger partial charge in [-0.05, 0) is 12.5 Å². The van der Waals surface area contributed by atoms with Gasteiger partial charge in [-0.2, -0.15) is 0 Å². The molecular weight excluding hydrogens is 284 g/mol. The highest BCUT2D eigenvalue weighted by Crippen LogP contribution is 2.06. The standard InChI is InChI=1S/C16H22N2O4/c1-3-17(12-16(21)22)15(20)9-10-18(13(2)19)11-14-7-5-4-6-8-14/h4-8H,3,9-12H2,1-2H3,(H,21,22). The van der Waals surface area contributed by atoms with Crippen LogP contribution in [0.5, 0.6) is 0 Å². The molecule has 1 aromatic rings. The van der Waals surface area contributed by atoms with Crippen molar-refractivity contribution in [1.29, 1.82) is 0 Å². The Hall–Kier alpha value is -2.37. The lowest BCUT2D eigenvalue weighted by Crippen LogP contribution is -2.38. The Morgan fingerprint density at radius 2 is 1.73 bits per heavy atom. The number of likely N-dealkylation sites (N-methyl/N-ethyl adjacent to an activating group) is 1. The van der Waals surface area contributed by atoms with Gasteiger partial charge in [0.05, 0.1) is 0 Å². The molecule has 0 radical (unpaired) electrons. The van der Waals surface area contributed by atoms with E-state index in [1.165, 1.54) is 11.8 Å². The van der Waals surface area contributed by atoms with Gasteiger partial charge < -0.3 is 14.9 Å². The summed E-state index contributed by atoms with van der Waals surface area (Å²) in [4.78, 5) is 37.3. The lowest BCUT2D eigenvalue weighted by atomic mass is 10.2. The molecule has 1 N–H and O–H groups in total. The number of carbonyl (C=O) groups excluding carboxylic acids is 2. The van der Waals surface area contributed by atoms with Crippen LogP contribution in [0.15, 0.2) is 30.3 Å². The zero-order valence-corrected chi connectivity index (χ0v) is 13.0. The Morgan fingerprint density at radius 3 is 2.23 bits per heavy atom. The van der Waals surface area contributed by atoms with Gasteiger partial charge in [-0.3, -0.25) is 14.4 Å². The van der Waals surface area contributed by atoms with E-state index < -0.39 is 5.97 Å². The van der Waals surface area contributed by atoms with Crippen LogP contribution in [0.1, 0.15) is 25.8 Å². The highest BCUT2D eigenvalue weighted by Gasteiger charge is 2.17. The first-order valence-electron chi connectivity index (χ1n) is 7.23. The van der Waals surface area contributed by atoms with Gasteiger partial charge in [0.25, 0.3) is 0 Å². The van der Waals surface area contributed by atoms with Gasteiger partial charge in [0.2, 0.25) is 11.8 Å². The van der Waals surface area contributed by atoms with Crippen LogP contribution in [0.2, 0.25) is 0 Å². The van der Waals surface area contributed by atoms with E-state index >= 15 is 0 Å². The number of hydrogen-bond acceptors (Lipinski definition) is 3. The number of benzene rings is 1. The van der Waals surface area contributed by atoms with E-state index in [4.69, 9.17) is 5.11 Å². The summed E-state index contributed by atoms with van der Waals surface area (Å²) in [5.74, 6) is -1.41. The molecule has 0 heterocycles. The van der Waals surface area contributed by atoms with E-state index in [1.807, 2.05) is 30.3 Å². The van der Waals surface area contributed by atoms with E-state index in [0.29, 0.717) is 13.1 Å². The van der Waals surface area contributed by atoms with Crippen molar-refractivity contribution in [2.24, 2.45) is 0 Å². The third kappa shape index (κ3) is 5.95. The maximum absolute atomic E-state index is 12.0. The Kier molecular flexibility index (Phi) is 7.08. The van der Waals surface area contributed by atoms with Crippen LogP contribution in [0.4, 0.5) is 0 Å². The first-order chi connectivity index (χ1) is 10.4. The predicted octanol–water partition coefficient (Wildman–Crippen LogP) is 1.36. The van der Waals surface area contributed by atoms with Crippen LogP contribution in [0, 0.1) is 0 Å². The molecular formula is C16H22N2O4. The molecule has 0 atom stereocenters.